The quantitative estimate of drug-likeness (QED) is 0.510. The third-order valence-electron chi connectivity index (χ3n) is 5.73. The fraction of sp³-hybridized carbons (Fsp3) is 0.273. The Balaban J connectivity index is 1.53. The Kier molecular flexibility index (Phi) is 4.80. The normalized spacial score (nSPS) is 18.9. The Labute approximate surface area is 176 Å². The summed E-state index contributed by atoms with van der Waals surface area (Å²) in [5.41, 5.74) is 6.89. The number of benzene rings is 2. The third kappa shape index (κ3) is 3.38. The molecule has 0 saturated carbocycles. The van der Waals surface area contributed by atoms with Gasteiger partial charge in [-0.15, -0.1) is 11.3 Å². The lowest BCUT2D eigenvalue weighted by Crippen LogP contribution is -3.09. The molecule has 8 heteroatoms. The number of amides is 1. The lowest BCUT2D eigenvalue weighted by Gasteiger charge is -2.21. The van der Waals surface area contributed by atoms with E-state index in [2.05, 4.69) is 6.07 Å². The van der Waals surface area contributed by atoms with Crippen LogP contribution in [0.4, 0.5) is 0 Å². The van der Waals surface area contributed by atoms with Crippen LogP contribution in [0.5, 0.6) is 0 Å². The van der Waals surface area contributed by atoms with E-state index in [0.717, 1.165) is 29.9 Å². The van der Waals surface area contributed by atoms with Gasteiger partial charge in [-0.25, -0.2) is 9.97 Å². The molecule has 1 aliphatic rings. The molecule has 0 radical (unpaired) electrons. The summed E-state index contributed by atoms with van der Waals surface area (Å²) in [5.74, 6) is 0.0510. The fourth-order valence-electron chi connectivity index (χ4n) is 4.33. The van der Waals surface area contributed by atoms with Crippen molar-refractivity contribution in [1.29, 1.82) is 0 Å². The van der Waals surface area contributed by atoms with Gasteiger partial charge in [0.25, 0.3) is 5.56 Å². The molecule has 0 bridgehead atoms. The maximum atomic E-state index is 13.0. The highest BCUT2D eigenvalue weighted by molar-refractivity contribution is 7.18. The number of rotatable bonds is 5. The summed E-state index contributed by atoms with van der Waals surface area (Å²) in [6.45, 7) is 1.36. The number of likely N-dealkylation sites (tertiary alicyclic amines) is 1. The number of hydrogen-bond acceptors (Lipinski definition) is 5. The molecule has 2 atom stereocenters. The van der Waals surface area contributed by atoms with Gasteiger partial charge in [-0.1, -0.05) is 24.3 Å². The number of nitrogens with zero attached hydrogens (tertiary/aromatic N) is 3. The van der Waals surface area contributed by atoms with Gasteiger partial charge in [-0.3, -0.25) is 14.2 Å². The molecule has 0 aliphatic carbocycles. The standard InChI is InChI=1S/C22H21N5O2S/c23-19(28)12-27-20(24-15-7-2-1-6-14(15)22(27)29)13-26-11-5-9-17(26)21-25-16-8-3-4-10-18(16)30-21/h1-4,6-8,10,17H,5,9,11-13H2,(H2,23,28)/p+1/t17-/m1/s1. The van der Waals surface area contributed by atoms with Crippen LogP contribution in [0.1, 0.15) is 29.7 Å². The lowest BCUT2D eigenvalue weighted by atomic mass is 10.2. The molecular weight excluding hydrogens is 398 g/mol. The number of thiazole rings is 1. The average Bonchev–Trinajstić information content (AvgIpc) is 3.37. The Morgan fingerprint density at radius 1 is 1.13 bits per heavy atom. The molecule has 0 spiro atoms. The number of nitrogens with two attached hydrogens (primary N) is 1. The molecule has 30 heavy (non-hydrogen) atoms. The first-order valence-corrected chi connectivity index (χ1v) is 10.9. The van der Waals surface area contributed by atoms with Crippen LogP contribution in [-0.4, -0.2) is 27.0 Å². The van der Waals surface area contributed by atoms with E-state index in [4.69, 9.17) is 15.7 Å². The Bertz CT molecular complexity index is 1280. The first-order valence-electron chi connectivity index (χ1n) is 10.1. The smallest absolute Gasteiger partial charge is 0.262 e. The zero-order valence-electron chi connectivity index (χ0n) is 16.4. The largest absolute Gasteiger partial charge is 0.368 e. The van der Waals surface area contributed by atoms with Crippen molar-refractivity contribution in [3.8, 4) is 0 Å². The highest BCUT2D eigenvalue weighted by Gasteiger charge is 2.34. The Morgan fingerprint density at radius 3 is 2.70 bits per heavy atom. The molecule has 4 aromatic rings. The number of carbonyl (C=O) groups is 1. The van der Waals surface area contributed by atoms with Crippen molar-refractivity contribution in [3.63, 3.8) is 0 Å². The van der Waals surface area contributed by atoms with E-state index in [0.29, 0.717) is 23.3 Å². The van der Waals surface area contributed by atoms with E-state index in [-0.39, 0.29) is 18.1 Å². The maximum Gasteiger partial charge on any atom is 0.262 e. The van der Waals surface area contributed by atoms with Crippen LogP contribution < -0.4 is 16.2 Å². The van der Waals surface area contributed by atoms with Gasteiger partial charge in [-0.05, 0) is 24.3 Å². The molecule has 3 heterocycles. The molecule has 152 valence electrons. The second-order valence-electron chi connectivity index (χ2n) is 7.70. The van der Waals surface area contributed by atoms with Crippen LogP contribution in [0.25, 0.3) is 21.1 Å². The number of carbonyl (C=O) groups excluding carboxylic acids is 1. The summed E-state index contributed by atoms with van der Waals surface area (Å²) < 4.78 is 2.62. The van der Waals surface area contributed by atoms with Crippen molar-refractivity contribution in [2.45, 2.75) is 32.0 Å². The highest BCUT2D eigenvalue weighted by atomic mass is 32.1. The predicted molar refractivity (Wildman–Crippen MR) is 116 cm³/mol. The summed E-state index contributed by atoms with van der Waals surface area (Å²) >= 11 is 1.73. The maximum absolute atomic E-state index is 13.0. The molecule has 3 N–H and O–H groups in total. The van der Waals surface area contributed by atoms with E-state index in [1.807, 2.05) is 30.3 Å². The Hall–Kier alpha value is -3.10. The topological polar surface area (TPSA) is 95.3 Å². The van der Waals surface area contributed by atoms with Gasteiger partial charge >= 0.3 is 0 Å². The number of fused-ring (bicyclic) bond motifs is 2. The summed E-state index contributed by atoms with van der Waals surface area (Å²) in [6, 6.07) is 15.7. The minimum atomic E-state index is -0.547. The summed E-state index contributed by atoms with van der Waals surface area (Å²) in [5, 5.41) is 1.62. The first-order chi connectivity index (χ1) is 14.6. The summed E-state index contributed by atoms with van der Waals surface area (Å²) in [7, 11) is 0. The van der Waals surface area contributed by atoms with Crippen LogP contribution in [0.3, 0.4) is 0 Å². The number of quaternary nitrogens is 1. The Morgan fingerprint density at radius 2 is 1.90 bits per heavy atom. The zero-order valence-corrected chi connectivity index (χ0v) is 17.2. The van der Waals surface area contributed by atoms with E-state index in [1.54, 1.807) is 23.5 Å². The monoisotopic (exact) mass is 420 g/mol. The second-order valence-corrected chi connectivity index (χ2v) is 8.76. The van der Waals surface area contributed by atoms with Crippen molar-refractivity contribution in [1.82, 2.24) is 14.5 Å². The molecule has 2 aromatic carbocycles. The van der Waals surface area contributed by atoms with Gasteiger partial charge in [0.1, 0.15) is 19.1 Å². The van der Waals surface area contributed by atoms with Crippen molar-refractivity contribution < 1.29 is 9.69 Å². The van der Waals surface area contributed by atoms with Crippen molar-refractivity contribution in [2.24, 2.45) is 5.73 Å². The molecule has 2 aromatic heterocycles. The molecule has 1 amide bonds. The van der Waals surface area contributed by atoms with Gasteiger partial charge in [0.15, 0.2) is 10.8 Å². The van der Waals surface area contributed by atoms with Gasteiger partial charge in [-0.2, -0.15) is 0 Å². The SMILES string of the molecule is NC(=O)Cn1c(C[NH+]2CCC[C@@H]2c2nc3ccccc3s2)nc2ccccc2c1=O. The molecule has 1 unspecified atom stereocenters. The number of para-hydroxylation sites is 2. The molecule has 1 aliphatic heterocycles. The minimum absolute atomic E-state index is 0.162. The highest BCUT2D eigenvalue weighted by Crippen LogP contribution is 2.28. The lowest BCUT2D eigenvalue weighted by molar-refractivity contribution is -0.932. The third-order valence-corrected chi connectivity index (χ3v) is 6.88. The van der Waals surface area contributed by atoms with E-state index in [9.17, 15) is 9.59 Å². The van der Waals surface area contributed by atoms with Crippen LogP contribution in [0.15, 0.2) is 53.3 Å². The van der Waals surface area contributed by atoms with E-state index >= 15 is 0 Å². The molecular formula is C22H22N5O2S+. The molecule has 7 nitrogen and oxygen atoms in total. The van der Waals surface area contributed by atoms with Crippen LogP contribution in [0, 0.1) is 0 Å². The predicted octanol–water partition coefficient (Wildman–Crippen LogP) is 1.41. The van der Waals surface area contributed by atoms with Crippen molar-refractivity contribution in [2.75, 3.05) is 6.54 Å². The van der Waals surface area contributed by atoms with Gasteiger partial charge in [0.05, 0.1) is 27.7 Å². The van der Waals surface area contributed by atoms with E-state index < -0.39 is 5.91 Å². The van der Waals surface area contributed by atoms with Gasteiger partial charge in [0, 0.05) is 12.8 Å². The second kappa shape index (κ2) is 7.62. The average molecular weight is 421 g/mol. The number of hydrogen-bond donors (Lipinski definition) is 2. The fourth-order valence-corrected chi connectivity index (χ4v) is 5.49. The van der Waals surface area contributed by atoms with Crippen molar-refractivity contribution >= 4 is 38.4 Å². The number of primary amides is 1. The van der Waals surface area contributed by atoms with Gasteiger partial charge < -0.3 is 10.6 Å². The molecule has 1 fully saturated rings. The molecule has 5 rings (SSSR count). The zero-order chi connectivity index (χ0) is 20.7. The first kappa shape index (κ1) is 18.9. The number of nitrogens with one attached hydrogen (secondary N) is 1. The van der Waals surface area contributed by atoms with Crippen LogP contribution in [-0.2, 0) is 17.9 Å². The van der Waals surface area contributed by atoms with E-state index in [1.165, 1.54) is 14.2 Å². The summed E-state index contributed by atoms with van der Waals surface area (Å²) in [4.78, 5) is 35.6. The van der Waals surface area contributed by atoms with Crippen LogP contribution >= 0.6 is 11.3 Å². The van der Waals surface area contributed by atoms with Crippen LogP contribution in [0.2, 0.25) is 0 Å². The number of aromatic nitrogens is 3. The summed E-state index contributed by atoms with van der Waals surface area (Å²) in [6.07, 6.45) is 2.13. The minimum Gasteiger partial charge on any atom is -0.368 e. The molecule has 1 saturated heterocycles. The van der Waals surface area contributed by atoms with Gasteiger partial charge in [0.2, 0.25) is 5.91 Å². The van der Waals surface area contributed by atoms with Crippen molar-refractivity contribution in [3.05, 3.63) is 69.7 Å².